The molecule has 0 bridgehead atoms. The number of carbonyl (C=O) groups is 1. The molecule has 0 spiro atoms. The molecule has 0 N–H and O–H groups in total. The lowest BCUT2D eigenvalue weighted by Crippen LogP contribution is -2.08. The molecule has 15 heavy (non-hydrogen) atoms. The highest BCUT2D eigenvalue weighted by molar-refractivity contribution is 9.10. The summed E-state index contributed by atoms with van der Waals surface area (Å²) in [5, 5.41) is 0. The average molecular weight is 271 g/mol. The standard InChI is InChI=1S/C12H15BrO2/c1-4-15-12(14)7-10-5-9(3)11(13)6-8(10)2/h5-6H,4,7H2,1-3H3. The van der Waals surface area contributed by atoms with Crippen molar-refractivity contribution in [3.63, 3.8) is 0 Å². The second-order valence-corrected chi connectivity index (χ2v) is 4.36. The second-order valence-electron chi connectivity index (χ2n) is 3.51. The zero-order chi connectivity index (χ0) is 11.4. The third-order valence-electron chi connectivity index (χ3n) is 2.26. The number of rotatable bonds is 3. The first-order valence-electron chi connectivity index (χ1n) is 4.95. The van der Waals surface area contributed by atoms with Crippen molar-refractivity contribution < 1.29 is 9.53 Å². The van der Waals surface area contributed by atoms with Gasteiger partial charge in [0.15, 0.2) is 0 Å². The number of esters is 1. The first-order valence-corrected chi connectivity index (χ1v) is 5.75. The smallest absolute Gasteiger partial charge is 0.310 e. The Morgan fingerprint density at radius 3 is 2.60 bits per heavy atom. The molecule has 0 aliphatic heterocycles. The van der Waals surface area contributed by atoms with Crippen LogP contribution in [0.3, 0.4) is 0 Å². The van der Waals surface area contributed by atoms with Gasteiger partial charge in [0, 0.05) is 4.47 Å². The van der Waals surface area contributed by atoms with Crippen molar-refractivity contribution in [2.45, 2.75) is 27.2 Å². The summed E-state index contributed by atoms with van der Waals surface area (Å²) in [6, 6.07) is 4.06. The van der Waals surface area contributed by atoms with Crippen LogP contribution in [-0.2, 0) is 16.0 Å². The first-order chi connectivity index (χ1) is 7.04. The topological polar surface area (TPSA) is 26.3 Å². The minimum absolute atomic E-state index is 0.165. The van der Waals surface area contributed by atoms with Crippen molar-refractivity contribution in [1.82, 2.24) is 0 Å². The predicted octanol–water partition coefficient (Wildman–Crippen LogP) is 3.17. The molecule has 2 nitrogen and oxygen atoms in total. The fourth-order valence-electron chi connectivity index (χ4n) is 1.40. The van der Waals surface area contributed by atoms with E-state index in [9.17, 15) is 4.79 Å². The second kappa shape index (κ2) is 5.31. The lowest BCUT2D eigenvalue weighted by molar-refractivity contribution is -0.142. The molecule has 0 amide bonds. The zero-order valence-electron chi connectivity index (χ0n) is 9.26. The molecule has 0 fully saturated rings. The Bertz CT molecular complexity index is 372. The minimum atomic E-state index is -0.165. The van der Waals surface area contributed by atoms with Gasteiger partial charge < -0.3 is 4.74 Å². The third-order valence-corrected chi connectivity index (χ3v) is 3.11. The van der Waals surface area contributed by atoms with E-state index < -0.39 is 0 Å². The van der Waals surface area contributed by atoms with Crippen molar-refractivity contribution in [2.75, 3.05) is 6.61 Å². The van der Waals surface area contributed by atoms with E-state index >= 15 is 0 Å². The van der Waals surface area contributed by atoms with Crippen molar-refractivity contribution in [3.8, 4) is 0 Å². The van der Waals surface area contributed by atoms with Gasteiger partial charge in [-0.1, -0.05) is 22.0 Å². The molecule has 0 saturated carbocycles. The van der Waals surface area contributed by atoms with Gasteiger partial charge in [0.05, 0.1) is 13.0 Å². The Hall–Kier alpha value is -0.830. The van der Waals surface area contributed by atoms with Crippen LogP contribution >= 0.6 is 15.9 Å². The van der Waals surface area contributed by atoms with E-state index in [4.69, 9.17) is 4.74 Å². The molecule has 1 aromatic rings. The molecule has 0 saturated heterocycles. The summed E-state index contributed by atoms with van der Waals surface area (Å²) in [6.07, 6.45) is 0.355. The van der Waals surface area contributed by atoms with E-state index in [2.05, 4.69) is 15.9 Å². The number of hydrogen-bond donors (Lipinski definition) is 0. The van der Waals surface area contributed by atoms with E-state index in [-0.39, 0.29) is 5.97 Å². The van der Waals surface area contributed by atoms with Crippen LogP contribution in [0.5, 0.6) is 0 Å². The highest BCUT2D eigenvalue weighted by Gasteiger charge is 2.08. The number of halogens is 1. The van der Waals surface area contributed by atoms with E-state index in [0.717, 1.165) is 21.2 Å². The van der Waals surface area contributed by atoms with Gasteiger partial charge in [0.1, 0.15) is 0 Å². The molecular formula is C12H15BrO2. The quantitative estimate of drug-likeness (QED) is 0.789. The van der Waals surface area contributed by atoms with E-state index in [1.165, 1.54) is 0 Å². The third kappa shape index (κ3) is 3.34. The minimum Gasteiger partial charge on any atom is -0.466 e. The molecule has 1 rings (SSSR count). The monoisotopic (exact) mass is 270 g/mol. The molecule has 0 aromatic heterocycles. The summed E-state index contributed by atoms with van der Waals surface area (Å²) < 4.78 is 6.00. The zero-order valence-corrected chi connectivity index (χ0v) is 10.8. The van der Waals surface area contributed by atoms with Gasteiger partial charge in [-0.05, 0) is 43.5 Å². The van der Waals surface area contributed by atoms with Crippen LogP contribution in [0.2, 0.25) is 0 Å². The van der Waals surface area contributed by atoms with Gasteiger partial charge in [0.25, 0.3) is 0 Å². The molecule has 3 heteroatoms. The van der Waals surface area contributed by atoms with Crippen LogP contribution in [0.25, 0.3) is 0 Å². The Labute approximate surface area is 98.8 Å². The number of aryl methyl sites for hydroxylation is 2. The number of carbonyl (C=O) groups excluding carboxylic acids is 1. The highest BCUT2D eigenvalue weighted by atomic mass is 79.9. The Morgan fingerprint density at radius 2 is 2.00 bits per heavy atom. The Balaban J connectivity index is 2.86. The number of benzene rings is 1. The van der Waals surface area contributed by atoms with Gasteiger partial charge in [0.2, 0.25) is 0 Å². The molecule has 0 unspecified atom stereocenters. The van der Waals surface area contributed by atoms with Crippen LogP contribution in [-0.4, -0.2) is 12.6 Å². The molecule has 1 aromatic carbocycles. The van der Waals surface area contributed by atoms with Gasteiger partial charge in [-0.25, -0.2) is 0 Å². The summed E-state index contributed by atoms with van der Waals surface area (Å²) in [6.45, 7) is 6.27. The molecule has 0 aliphatic carbocycles. The van der Waals surface area contributed by atoms with Crippen molar-refractivity contribution >= 4 is 21.9 Å². The molecule has 0 radical (unpaired) electrons. The fraction of sp³-hybridized carbons (Fsp3) is 0.417. The van der Waals surface area contributed by atoms with Gasteiger partial charge in [-0.15, -0.1) is 0 Å². The Morgan fingerprint density at radius 1 is 1.33 bits per heavy atom. The predicted molar refractivity (Wildman–Crippen MR) is 64.0 cm³/mol. The van der Waals surface area contributed by atoms with Crippen molar-refractivity contribution in [3.05, 3.63) is 33.3 Å². The van der Waals surface area contributed by atoms with Crippen LogP contribution in [0.15, 0.2) is 16.6 Å². The lowest BCUT2D eigenvalue weighted by Gasteiger charge is -2.08. The lowest BCUT2D eigenvalue weighted by atomic mass is 10.0. The van der Waals surface area contributed by atoms with E-state index in [0.29, 0.717) is 13.0 Å². The SMILES string of the molecule is CCOC(=O)Cc1cc(C)c(Br)cc1C. The summed E-state index contributed by atoms with van der Waals surface area (Å²) in [4.78, 5) is 11.3. The number of ether oxygens (including phenoxy) is 1. The molecule has 0 aliphatic rings. The maximum atomic E-state index is 11.3. The fourth-order valence-corrected chi connectivity index (χ4v) is 1.86. The molecule has 0 heterocycles. The maximum absolute atomic E-state index is 11.3. The summed E-state index contributed by atoms with van der Waals surface area (Å²) in [7, 11) is 0. The molecule has 82 valence electrons. The largest absolute Gasteiger partial charge is 0.466 e. The summed E-state index contributed by atoms with van der Waals surface area (Å²) >= 11 is 3.46. The highest BCUT2D eigenvalue weighted by Crippen LogP contribution is 2.21. The van der Waals surface area contributed by atoms with Gasteiger partial charge >= 0.3 is 5.97 Å². The van der Waals surface area contributed by atoms with Crippen LogP contribution in [0.1, 0.15) is 23.6 Å². The molecular weight excluding hydrogens is 256 g/mol. The van der Waals surface area contributed by atoms with Crippen molar-refractivity contribution in [2.24, 2.45) is 0 Å². The van der Waals surface area contributed by atoms with E-state index in [1.807, 2.05) is 32.9 Å². The molecule has 0 atom stereocenters. The Kier molecular flexibility index (Phi) is 4.33. The van der Waals surface area contributed by atoms with Crippen LogP contribution in [0.4, 0.5) is 0 Å². The van der Waals surface area contributed by atoms with Crippen LogP contribution < -0.4 is 0 Å². The van der Waals surface area contributed by atoms with Gasteiger partial charge in [-0.2, -0.15) is 0 Å². The summed E-state index contributed by atoms with van der Waals surface area (Å²) in [5.41, 5.74) is 3.29. The normalized spacial score (nSPS) is 10.1. The first kappa shape index (κ1) is 12.2. The van der Waals surface area contributed by atoms with E-state index in [1.54, 1.807) is 0 Å². The van der Waals surface area contributed by atoms with Gasteiger partial charge in [-0.3, -0.25) is 4.79 Å². The number of hydrogen-bond acceptors (Lipinski definition) is 2. The van der Waals surface area contributed by atoms with Crippen molar-refractivity contribution in [1.29, 1.82) is 0 Å². The average Bonchev–Trinajstić information content (AvgIpc) is 2.14. The summed E-state index contributed by atoms with van der Waals surface area (Å²) in [5.74, 6) is -0.165. The van der Waals surface area contributed by atoms with Crippen LogP contribution in [0, 0.1) is 13.8 Å². The maximum Gasteiger partial charge on any atom is 0.310 e.